The van der Waals surface area contributed by atoms with E-state index in [1.54, 1.807) is 36.4 Å². The molecule has 9 nitrogen and oxygen atoms in total. The van der Waals surface area contributed by atoms with Crippen LogP contribution in [0.15, 0.2) is 97.1 Å². The van der Waals surface area contributed by atoms with Crippen LogP contribution in [-0.2, 0) is 22.7 Å². The van der Waals surface area contributed by atoms with Crippen molar-refractivity contribution < 1.29 is 23.5 Å². The number of rotatable bonds is 8. The molecule has 2 amide bonds. The van der Waals surface area contributed by atoms with E-state index in [2.05, 4.69) is 15.6 Å². The fourth-order valence-electron chi connectivity index (χ4n) is 4.69. The number of hydrogen-bond donors (Lipinski definition) is 1. The van der Waals surface area contributed by atoms with Gasteiger partial charge in [0.15, 0.2) is 11.5 Å². The third-order valence-electron chi connectivity index (χ3n) is 6.62. The Morgan fingerprint density at radius 1 is 0.925 bits per heavy atom. The van der Waals surface area contributed by atoms with Gasteiger partial charge in [0.25, 0.3) is 0 Å². The Morgan fingerprint density at radius 2 is 1.68 bits per heavy atom. The number of aromatic nitrogens is 3. The predicted molar refractivity (Wildman–Crippen MR) is 145 cm³/mol. The molecule has 0 saturated carbocycles. The lowest BCUT2D eigenvalue weighted by atomic mass is 10.0. The molecule has 1 aliphatic heterocycles. The summed E-state index contributed by atoms with van der Waals surface area (Å²) >= 11 is 0. The quantitative estimate of drug-likeness (QED) is 0.315. The highest BCUT2D eigenvalue weighted by molar-refractivity contribution is 6.01. The summed E-state index contributed by atoms with van der Waals surface area (Å²) in [6.07, 6.45) is 0. The molecule has 0 bridgehead atoms. The molecule has 0 saturated heterocycles. The van der Waals surface area contributed by atoms with Crippen LogP contribution < -0.4 is 19.7 Å². The zero-order valence-corrected chi connectivity index (χ0v) is 21.2. The van der Waals surface area contributed by atoms with Gasteiger partial charge in [-0.25, -0.2) is 9.07 Å². The van der Waals surface area contributed by atoms with Crippen molar-refractivity contribution in [3.8, 4) is 11.5 Å². The molecule has 5 aromatic rings. The van der Waals surface area contributed by atoms with Gasteiger partial charge in [-0.3, -0.25) is 14.5 Å². The normalized spacial score (nSPS) is 12.7. The van der Waals surface area contributed by atoms with E-state index in [-0.39, 0.29) is 25.4 Å². The number of fused-ring (bicyclic) bond motifs is 2. The van der Waals surface area contributed by atoms with Crippen molar-refractivity contribution in [1.82, 2.24) is 20.3 Å². The summed E-state index contributed by atoms with van der Waals surface area (Å²) in [4.78, 5) is 29.3. The SMILES string of the molecule is O=C(NCc1ccccc1)C(c1ccccc1F)N(C(=O)Cn1nnc2ccccc21)c1ccc2c(c1)OCO2. The average molecular weight is 538 g/mol. The second kappa shape index (κ2) is 10.9. The van der Waals surface area contributed by atoms with Gasteiger partial charge in [-0.15, -0.1) is 5.10 Å². The van der Waals surface area contributed by atoms with Crippen LogP contribution in [-0.4, -0.2) is 33.6 Å². The van der Waals surface area contributed by atoms with Gasteiger partial charge in [-0.1, -0.05) is 65.9 Å². The van der Waals surface area contributed by atoms with Gasteiger partial charge in [0.05, 0.1) is 5.52 Å². The Labute approximate surface area is 228 Å². The molecule has 0 radical (unpaired) electrons. The van der Waals surface area contributed by atoms with E-state index in [1.807, 2.05) is 42.5 Å². The molecule has 1 atom stereocenters. The minimum absolute atomic E-state index is 0.0337. The maximum Gasteiger partial charge on any atom is 0.249 e. The molecule has 40 heavy (non-hydrogen) atoms. The molecule has 1 aromatic heterocycles. The predicted octanol–water partition coefficient (Wildman–Crippen LogP) is 4.39. The number of carbonyl (C=O) groups excluding carboxylic acids is 2. The van der Waals surface area contributed by atoms with Crippen molar-refractivity contribution in [1.29, 1.82) is 0 Å². The Kier molecular flexibility index (Phi) is 6.80. The molecule has 0 fully saturated rings. The van der Waals surface area contributed by atoms with Gasteiger partial charge in [0.1, 0.15) is 23.9 Å². The lowest BCUT2D eigenvalue weighted by Crippen LogP contribution is -2.45. The lowest BCUT2D eigenvalue weighted by Gasteiger charge is -2.32. The maximum absolute atomic E-state index is 15.3. The molecular weight excluding hydrogens is 513 g/mol. The van der Waals surface area contributed by atoms with Crippen molar-refractivity contribution in [2.75, 3.05) is 11.7 Å². The van der Waals surface area contributed by atoms with Gasteiger partial charge in [-0.2, -0.15) is 0 Å². The zero-order chi connectivity index (χ0) is 27.5. The number of nitrogens with one attached hydrogen (secondary N) is 1. The number of nitrogens with zero attached hydrogens (tertiary/aromatic N) is 4. The highest BCUT2D eigenvalue weighted by Gasteiger charge is 2.35. The minimum atomic E-state index is -1.34. The second-order valence-corrected chi connectivity index (χ2v) is 9.16. The summed E-state index contributed by atoms with van der Waals surface area (Å²) < 4.78 is 27.8. The summed E-state index contributed by atoms with van der Waals surface area (Å²) in [6.45, 7) is -0.0145. The molecule has 6 rings (SSSR count). The number of carbonyl (C=O) groups is 2. The summed E-state index contributed by atoms with van der Waals surface area (Å²) in [7, 11) is 0. The molecule has 4 aromatic carbocycles. The van der Waals surface area contributed by atoms with Crippen LogP contribution in [0.3, 0.4) is 0 Å². The van der Waals surface area contributed by atoms with Gasteiger partial charge >= 0.3 is 0 Å². The highest BCUT2D eigenvalue weighted by atomic mass is 19.1. The molecular formula is C30H24FN5O4. The van der Waals surface area contributed by atoms with Crippen molar-refractivity contribution in [2.24, 2.45) is 0 Å². The molecule has 1 N–H and O–H groups in total. The number of ether oxygens (including phenoxy) is 2. The Bertz CT molecular complexity index is 1690. The fourth-order valence-corrected chi connectivity index (χ4v) is 4.69. The second-order valence-electron chi connectivity index (χ2n) is 9.16. The van der Waals surface area contributed by atoms with E-state index < -0.39 is 23.7 Å². The van der Waals surface area contributed by atoms with Crippen LogP contribution in [0.1, 0.15) is 17.2 Å². The first-order valence-corrected chi connectivity index (χ1v) is 12.6. The van der Waals surface area contributed by atoms with Crippen LogP contribution >= 0.6 is 0 Å². The summed E-state index contributed by atoms with van der Waals surface area (Å²) in [5, 5.41) is 11.2. The Hall–Kier alpha value is -5.25. The van der Waals surface area contributed by atoms with E-state index in [9.17, 15) is 9.59 Å². The molecule has 1 unspecified atom stereocenters. The number of para-hydroxylation sites is 1. The maximum atomic E-state index is 15.3. The number of hydrogen-bond acceptors (Lipinski definition) is 6. The number of amides is 2. The molecule has 10 heteroatoms. The van der Waals surface area contributed by atoms with Crippen LogP contribution in [0.2, 0.25) is 0 Å². The first kappa shape index (κ1) is 25.1. The molecule has 2 heterocycles. The number of anilines is 1. The topological polar surface area (TPSA) is 98.6 Å². The number of benzene rings is 4. The van der Waals surface area contributed by atoms with Gasteiger partial charge in [0.2, 0.25) is 18.6 Å². The van der Waals surface area contributed by atoms with Gasteiger partial charge < -0.3 is 14.8 Å². The lowest BCUT2D eigenvalue weighted by molar-refractivity contribution is -0.127. The Balaban J connectivity index is 1.43. The van der Waals surface area contributed by atoms with E-state index in [4.69, 9.17) is 9.47 Å². The Morgan fingerprint density at radius 3 is 2.52 bits per heavy atom. The standard InChI is InChI=1S/C30H24FN5O4/c31-23-11-5-4-10-22(23)29(30(38)32-17-20-8-2-1-3-9-20)36(21-14-15-26-27(16-21)40-19-39-26)28(37)18-35-25-13-7-6-12-24(25)33-34-35/h1-16,29H,17-19H2,(H,32,38). The van der Waals surface area contributed by atoms with E-state index in [1.165, 1.54) is 27.8 Å². The first-order chi connectivity index (χ1) is 19.6. The van der Waals surface area contributed by atoms with Crippen molar-refractivity contribution in [3.63, 3.8) is 0 Å². The van der Waals surface area contributed by atoms with E-state index in [0.717, 1.165) is 5.56 Å². The molecule has 200 valence electrons. The van der Waals surface area contributed by atoms with Crippen LogP contribution in [0.4, 0.5) is 10.1 Å². The van der Waals surface area contributed by atoms with E-state index in [0.29, 0.717) is 28.2 Å². The van der Waals surface area contributed by atoms with Gasteiger partial charge in [0, 0.05) is 23.9 Å². The third kappa shape index (κ3) is 4.94. The number of halogens is 1. The molecule has 1 aliphatic rings. The fraction of sp³-hybridized carbons (Fsp3) is 0.133. The highest BCUT2D eigenvalue weighted by Crippen LogP contribution is 2.38. The monoisotopic (exact) mass is 537 g/mol. The summed E-state index contributed by atoms with van der Waals surface area (Å²) in [6, 6.07) is 26.1. The van der Waals surface area contributed by atoms with E-state index >= 15 is 4.39 Å². The molecule has 0 spiro atoms. The van der Waals surface area contributed by atoms with Crippen molar-refractivity contribution in [2.45, 2.75) is 19.1 Å². The van der Waals surface area contributed by atoms with Crippen LogP contribution in [0, 0.1) is 5.82 Å². The summed E-state index contributed by atoms with van der Waals surface area (Å²) in [5.41, 5.74) is 2.51. The van der Waals surface area contributed by atoms with Crippen LogP contribution in [0.25, 0.3) is 11.0 Å². The third-order valence-corrected chi connectivity index (χ3v) is 6.62. The van der Waals surface area contributed by atoms with Crippen LogP contribution in [0.5, 0.6) is 11.5 Å². The van der Waals surface area contributed by atoms with Gasteiger partial charge in [-0.05, 0) is 35.9 Å². The molecule has 0 aliphatic carbocycles. The van der Waals surface area contributed by atoms with Crippen molar-refractivity contribution >= 4 is 28.5 Å². The largest absolute Gasteiger partial charge is 0.454 e. The first-order valence-electron chi connectivity index (χ1n) is 12.6. The smallest absolute Gasteiger partial charge is 0.249 e. The summed E-state index contributed by atoms with van der Waals surface area (Å²) in [5.74, 6) is -0.749. The van der Waals surface area contributed by atoms with Crippen molar-refractivity contribution in [3.05, 3.63) is 114 Å². The average Bonchev–Trinajstić information content (AvgIpc) is 3.62. The zero-order valence-electron chi connectivity index (χ0n) is 21.2. The minimum Gasteiger partial charge on any atom is -0.454 e.